The molecule has 0 radical (unpaired) electrons. The van der Waals surface area contributed by atoms with Crippen LogP contribution in [-0.4, -0.2) is 56.1 Å². The molecule has 7 nitrogen and oxygen atoms in total. The van der Waals surface area contributed by atoms with E-state index in [2.05, 4.69) is 5.32 Å². The number of hydrogen-bond donors (Lipinski definition) is 1. The van der Waals surface area contributed by atoms with Crippen LogP contribution in [0.5, 0.6) is 0 Å². The van der Waals surface area contributed by atoms with Crippen LogP contribution >= 0.6 is 0 Å². The Bertz CT molecular complexity index is 1050. The molecule has 1 aliphatic rings. The topological polar surface area (TPSA) is 86.8 Å². The molecule has 0 aliphatic carbocycles. The van der Waals surface area contributed by atoms with E-state index in [4.69, 9.17) is 0 Å². The summed E-state index contributed by atoms with van der Waals surface area (Å²) in [4.78, 5) is 26.0. The number of aryl methyl sites for hydroxylation is 1. The Morgan fingerprint density at radius 2 is 1.75 bits per heavy atom. The maximum absolute atomic E-state index is 13.2. The number of amides is 2. The van der Waals surface area contributed by atoms with E-state index in [1.165, 1.54) is 34.5 Å². The second-order valence-corrected chi connectivity index (χ2v) is 9.85. The molecule has 0 saturated carbocycles. The molecule has 0 atom stereocenters. The zero-order valence-electron chi connectivity index (χ0n) is 18.1. The first-order valence-electron chi connectivity index (χ1n) is 10.6. The quantitative estimate of drug-likeness (QED) is 0.655. The zero-order valence-corrected chi connectivity index (χ0v) is 18.9. The van der Waals surface area contributed by atoms with Crippen LogP contribution in [-0.2, 0) is 26.0 Å². The van der Waals surface area contributed by atoms with Crippen LogP contribution in [0, 0.1) is 5.82 Å². The van der Waals surface area contributed by atoms with Crippen molar-refractivity contribution in [3.05, 3.63) is 59.9 Å². The summed E-state index contributed by atoms with van der Waals surface area (Å²) in [5.74, 6) is -1.09. The number of carbonyl (C=O) groups is 2. The average Bonchev–Trinajstić information content (AvgIpc) is 2.78. The number of sulfonamides is 1. The molecular formula is C23H28FN3O4S. The number of anilines is 1. The van der Waals surface area contributed by atoms with Gasteiger partial charge < -0.3 is 10.2 Å². The number of nitrogens with zero attached hydrogens (tertiary/aromatic N) is 2. The first-order chi connectivity index (χ1) is 15.3. The van der Waals surface area contributed by atoms with Gasteiger partial charge in [-0.2, -0.15) is 4.31 Å². The first-order valence-corrected chi connectivity index (χ1v) is 12.1. The van der Waals surface area contributed by atoms with Crippen molar-refractivity contribution in [3.8, 4) is 0 Å². The molecule has 2 amide bonds. The lowest BCUT2D eigenvalue weighted by molar-refractivity contribution is -0.133. The highest BCUT2D eigenvalue weighted by Crippen LogP contribution is 2.21. The minimum atomic E-state index is -3.48. The Balaban J connectivity index is 1.49. The SMILES string of the molecule is CN(CC(=O)Nc1cccc(F)c1)C(=O)CCc1ccc(S(=O)(=O)N2CCCCC2)cc1. The minimum Gasteiger partial charge on any atom is -0.336 e. The number of nitrogens with one attached hydrogen (secondary N) is 1. The minimum absolute atomic E-state index is 0.150. The van der Waals surface area contributed by atoms with Crippen molar-refractivity contribution in [2.75, 3.05) is 32.0 Å². The van der Waals surface area contributed by atoms with E-state index in [1.807, 2.05) is 0 Å². The Morgan fingerprint density at radius 3 is 2.41 bits per heavy atom. The number of likely N-dealkylation sites (N-methyl/N-ethyl adjacent to an activating group) is 1. The van der Waals surface area contributed by atoms with Gasteiger partial charge in [-0.05, 0) is 55.2 Å². The molecule has 1 N–H and O–H groups in total. The van der Waals surface area contributed by atoms with Crippen molar-refractivity contribution in [2.24, 2.45) is 0 Å². The van der Waals surface area contributed by atoms with Crippen LogP contribution in [0.25, 0.3) is 0 Å². The lowest BCUT2D eigenvalue weighted by Gasteiger charge is -2.25. The molecule has 0 aromatic heterocycles. The van der Waals surface area contributed by atoms with E-state index in [0.717, 1.165) is 24.8 Å². The largest absolute Gasteiger partial charge is 0.336 e. The van der Waals surface area contributed by atoms with Crippen LogP contribution in [0.4, 0.5) is 10.1 Å². The Hall–Kier alpha value is -2.78. The van der Waals surface area contributed by atoms with Crippen LogP contribution in [0.15, 0.2) is 53.4 Å². The Morgan fingerprint density at radius 1 is 1.06 bits per heavy atom. The Labute approximate surface area is 188 Å². The van der Waals surface area contributed by atoms with Crippen molar-refractivity contribution in [1.29, 1.82) is 0 Å². The van der Waals surface area contributed by atoms with Gasteiger partial charge in [-0.3, -0.25) is 9.59 Å². The molecule has 0 bridgehead atoms. The molecule has 32 heavy (non-hydrogen) atoms. The highest BCUT2D eigenvalue weighted by atomic mass is 32.2. The summed E-state index contributed by atoms with van der Waals surface area (Å²) < 4.78 is 40.2. The standard InChI is InChI=1S/C23H28FN3O4S/c1-26(17-22(28)25-20-7-5-6-19(24)16-20)23(29)13-10-18-8-11-21(12-9-18)32(30,31)27-14-3-2-4-15-27/h5-9,11-12,16H,2-4,10,13-15,17H2,1H3,(H,25,28). The maximum atomic E-state index is 13.2. The van der Waals surface area contributed by atoms with Crippen molar-refractivity contribution in [1.82, 2.24) is 9.21 Å². The molecule has 3 rings (SSSR count). The lowest BCUT2D eigenvalue weighted by Crippen LogP contribution is -2.35. The van der Waals surface area contributed by atoms with E-state index < -0.39 is 21.7 Å². The fourth-order valence-corrected chi connectivity index (χ4v) is 5.11. The van der Waals surface area contributed by atoms with E-state index in [0.29, 0.717) is 25.2 Å². The van der Waals surface area contributed by atoms with Gasteiger partial charge in [0.25, 0.3) is 0 Å². The van der Waals surface area contributed by atoms with Crippen molar-refractivity contribution in [3.63, 3.8) is 0 Å². The second-order valence-electron chi connectivity index (χ2n) is 7.92. The number of hydrogen-bond acceptors (Lipinski definition) is 4. The molecule has 172 valence electrons. The predicted molar refractivity (Wildman–Crippen MR) is 120 cm³/mol. The molecule has 2 aromatic carbocycles. The summed E-state index contributed by atoms with van der Waals surface area (Å²) in [6.45, 7) is 0.956. The van der Waals surface area contributed by atoms with E-state index >= 15 is 0 Å². The smallest absolute Gasteiger partial charge is 0.243 e. The average molecular weight is 462 g/mol. The fourth-order valence-electron chi connectivity index (χ4n) is 3.59. The van der Waals surface area contributed by atoms with Gasteiger partial charge in [-0.25, -0.2) is 12.8 Å². The van der Waals surface area contributed by atoms with Crippen LogP contribution < -0.4 is 5.32 Å². The molecule has 1 aliphatic heterocycles. The summed E-state index contributed by atoms with van der Waals surface area (Å²) in [5.41, 5.74) is 1.17. The fraction of sp³-hybridized carbons (Fsp3) is 0.391. The molecule has 0 spiro atoms. The van der Waals surface area contributed by atoms with E-state index in [1.54, 1.807) is 30.3 Å². The third kappa shape index (κ3) is 6.37. The van der Waals surface area contributed by atoms with Crippen molar-refractivity contribution >= 4 is 27.5 Å². The number of rotatable bonds is 8. The van der Waals surface area contributed by atoms with E-state index in [-0.39, 0.29) is 23.8 Å². The van der Waals surface area contributed by atoms with E-state index in [9.17, 15) is 22.4 Å². The predicted octanol–water partition coefficient (Wildman–Crippen LogP) is 3.03. The number of halogens is 1. The number of carbonyl (C=O) groups excluding carboxylic acids is 2. The highest BCUT2D eigenvalue weighted by molar-refractivity contribution is 7.89. The highest BCUT2D eigenvalue weighted by Gasteiger charge is 2.25. The van der Waals surface area contributed by atoms with Crippen LogP contribution in [0.2, 0.25) is 0 Å². The summed E-state index contributed by atoms with van der Waals surface area (Å²) in [6.07, 6.45) is 3.43. The molecule has 2 aromatic rings. The van der Waals surface area contributed by atoms with Crippen LogP contribution in [0.1, 0.15) is 31.2 Å². The Kier molecular flexibility index (Phi) is 7.98. The van der Waals surface area contributed by atoms with Gasteiger partial charge in [0.1, 0.15) is 5.82 Å². The monoisotopic (exact) mass is 461 g/mol. The lowest BCUT2D eigenvalue weighted by atomic mass is 10.1. The van der Waals surface area contributed by atoms with Gasteiger partial charge in [-0.1, -0.05) is 24.6 Å². The normalized spacial score (nSPS) is 14.7. The zero-order chi connectivity index (χ0) is 23.1. The first kappa shape index (κ1) is 23.9. The number of benzene rings is 2. The van der Waals surface area contributed by atoms with Gasteiger partial charge >= 0.3 is 0 Å². The van der Waals surface area contributed by atoms with Gasteiger partial charge in [0.05, 0.1) is 11.4 Å². The van der Waals surface area contributed by atoms with Crippen molar-refractivity contribution in [2.45, 2.75) is 37.0 Å². The van der Waals surface area contributed by atoms with Gasteiger partial charge in [0.2, 0.25) is 21.8 Å². The summed E-state index contributed by atoms with van der Waals surface area (Å²) >= 11 is 0. The summed E-state index contributed by atoms with van der Waals surface area (Å²) in [5, 5.41) is 2.56. The molecule has 1 fully saturated rings. The summed E-state index contributed by atoms with van der Waals surface area (Å²) in [7, 11) is -1.95. The van der Waals surface area contributed by atoms with Crippen molar-refractivity contribution < 1.29 is 22.4 Å². The molecular weight excluding hydrogens is 433 g/mol. The van der Waals surface area contributed by atoms with Gasteiger partial charge in [0, 0.05) is 32.2 Å². The maximum Gasteiger partial charge on any atom is 0.243 e. The summed E-state index contributed by atoms with van der Waals surface area (Å²) in [6, 6.07) is 12.2. The number of piperidine rings is 1. The third-order valence-corrected chi connectivity index (χ3v) is 7.33. The van der Waals surface area contributed by atoms with Crippen LogP contribution in [0.3, 0.4) is 0 Å². The van der Waals surface area contributed by atoms with Gasteiger partial charge in [0.15, 0.2) is 0 Å². The third-order valence-electron chi connectivity index (χ3n) is 5.42. The molecule has 0 unspecified atom stereocenters. The van der Waals surface area contributed by atoms with Gasteiger partial charge in [-0.15, -0.1) is 0 Å². The second kappa shape index (κ2) is 10.7. The molecule has 1 saturated heterocycles. The molecule has 1 heterocycles. The molecule has 9 heteroatoms.